The molecule has 0 atom stereocenters. The van der Waals surface area contributed by atoms with Crippen molar-refractivity contribution in [2.75, 3.05) is 7.11 Å². The van der Waals surface area contributed by atoms with Gasteiger partial charge in [-0.25, -0.2) is 4.68 Å². The fourth-order valence-electron chi connectivity index (χ4n) is 2.18. The third-order valence-electron chi connectivity index (χ3n) is 3.34. The summed E-state index contributed by atoms with van der Waals surface area (Å²) in [6.45, 7) is 0. The van der Waals surface area contributed by atoms with Crippen molar-refractivity contribution in [1.82, 2.24) is 9.78 Å². The molecule has 0 saturated heterocycles. The molecule has 3 aromatic rings. The summed E-state index contributed by atoms with van der Waals surface area (Å²) >= 11 is 0. The van der Waals surface area contributed by atoms with E-state index in [1.807, 2.05) is 18.2 Å². The number of ether oxygens (including phenoxy) is 1. The number of benzene rings is 2. The number of para-hydroxylation sites is 1. The van der Waals surface area contributed by atoms with Crippen LogP contribution in [0.3, 0.4) is 0 Å². The van der Waals surface area contributed by atoms with Gasteiger partial charge in [0, 0.05) is 6.07 Å². The second-order valence-electron chi connectivity index (χ2n) is 4.74. The molecule has 0 aliphatic carbocycles. The first-order valence-electron chi connectivity index (χ1n) is 6.75. The van der Waals surface area contributed by atoms with Gasteiger partial charge in [0.25, 0.3) is 0 Å². The summed E-state index contributed by atoms with van der Waals surface area (Å²) in [6, 6.07) is 17.5. The summed E-state index contributed by atoms with van der Waals surface area (Å²) in [5.74, 6) is 0.725. The molecule has 2 aromatic carbocycles. The van der Waals surface area contributed by atoms with Crippen LogP contribution in [-0.4, -0.2) is 16.9 Å². The normalized spacial score (nSPS) is 10.4. The number of methoxy groups -OCH3 is 1. The smallest absolute Gasteiger partial charge is 0.317 e. The Morgan fingerprint density at radius 2 is 1.64 bits per heavy atom. The van der Waals surface area contributed by atoms with Crippen LogP contribution in [0.4, 0.5) is 0 Å². The Hall–Kier alpha value is -3.08. The Balaban J connectivity index is 2.16. The highest BCUT2D eigenvalue weighted by atomic mass is 16.5. The summed E-state index contributed by atoms with van der Waals surface area (Å²) < 4.78 is 6.37. The summed E-state index contributed by atoms with van der Waals surface area (Å²) in [7, 11) is 1.59. The Bertz CT molecular complexity index is 894. The predicted molar refractivity (Wildman–Crippen MR) is 84.6 cm³/mol. The van der Waals surface area contributed by atoms with Crippen molar-refractivity contribution in [1.29, 1.82) is 0 Å². The molecule has 0 aliphatic heterocycles. The summed E-state index contributed by atoms with van der Waals surface area (Å²) in [6.07, 6.45) is 0. The number of hydrogen-bond donors (Lipinski definition) is 1. The molecule has 3 rings (SSSR count). The molecule has 5 nitrogen and oxygen atoms in total. The molecular weight excluding hydrogens is 280 g/mol. The van der Waals surface area contributed by atoms with Gasteiger partial charge in [-0.3, -0.25) is 14.7 Å². The second kappa shape index (κ2) is 5.73. The van der Waals surface area contributed by atoms with E-state index in [0.717, 1.165) is 11.3 Å². The largest absolute Gasteiger partial charge is 0.497 e. The highest BCUT2D eigenvalue weighted by Gasteiger charge is 2.07. The number of aromatic nitrogens is 2. The molecule has 0 unspecified atom stereocenters. The lowest BCUT2D eigenvalue weighted by atomic mass is 10.1. The first kappa shape index (κ1) is 13.9. The maximum absolute atomic E-state index is 12.1. The third-order valence-corrected chi connectivity index (χ3v) is 3.34. The van der Waals surface area contributed by atoms with E-state index in [1.54, 1.807) is 43.5 Å². The van der Waals surface area contributed by atoms with Gasteiger partial charge < -0.3 is 4.74 Å². The van der Waals surface area contributed by atoms with Crippen molar-refractivity contribution in [3.63, 3.8) is 0 Å². The second-order valence-corrected chi connectivity index (χ2v) is 4.74. The molecule has 1 heterocycles. The fraction of sp³-hybridized carbons (Fsp3) is 0.0588. The van der Waals surface area contributed by atoms with Crippen LogP contribution >= 0.6 is 0 Å². The number of H-pyrrole nitrogens is 1. The summed E-state index contributed by atoms with van der Waals surface area (Å²) in [5.41, 5.74) is 0.801. The molecule has 0 fully saturated rings. The molecule has 0 amide bonds. The van der Waals surface area contributed by atoms with E-state index in [0.29, 0.717) is 11.4 Å². The van der Waals surface area contributed by atoms with E-state index < -0.39 is 11.0 Å². The zero-order chi connectivity index (χ0) is 15.5. The minimum atomic E-state index is -0.608. The fourth-order valence-corrected chi connectivity index (χ4v) is 2.18. The molecule has 1 N–H and O–H groups in total. The van der Waals surface area contributed by atoms with Crippen molar-refractivity contribution in [2.24, 2.45) is 0 Å². The van der Waals surface area contributed by atoms with Crippen LogP contribution in [0, 0.1) is 0 Å². The van der Waals surface area contributed by atoms with E-state index in [9.17, 15) is 9.59 Å². The zero-order valence-corrected chi connectivity index (χ0v) is 11.9. The maximum atomic E-state index is 12.1. The molecule has 0 saturated carbocycles. The van der Waals surface area contributed by atoms with Crippen molar-refractivity contribution < 1.29 is 4.74 Å². The predicted octanol–water partition coefficient (Wildman–Crippen LogP) is 2.20. The van der Waals surface area contributed by atoms with Crippen LogP contribution in [-0.2, 0) is 0 Å². The van der Waals surface area contributed by atoms with Crippen LogP contribution in [0.25, 0.3) is 16.9 Å². The van der Waals surface area contributed by atoms with Gasteiger partial charge in [-0.05, 0) is 42.0 Å². The van der Waals surface area contributed by atoms with Crippen LogP contribution in [0.5, 0.6) is 5.75 Å². The van der Waals surface area contributed by atoms with Crippen LogP contribution < -0.4 is 15.7 Å². The van der Waals surface area contributed by atoms with E-state index >= 15 is 0 Å². The maximum Gasteiger partial charge on any atom is 0.317 e. The molecule has 0 bridgehead atoms. The SMILES string of the molecule is COc1ccc(-c2cc(=O)c(=O)n(-c3ccccc3)[nH]2)cc1. The van der Waals surface area contributed by atoms with Gasteiger partial charge >= 0.3 is 5.56 Å². The van der Waals surface area contributed by atoms with Gasteiger partial charge in [0.1, 0.15) is 5.75 Å². The van der Waals surface area contributed by atoms with Crippen molar-refractivity contribution in [3.05, 3.63) is 81.2 Å². The summed E-state index contributed by atoms with van der Waals surface area (Å²) in [4.78, 5) is 24.0. The van der Waals surface area contributed by atoms with Gasteiger partial charge in [-0.1, -0.05) is 18.2 Å². The molecule has 0 radical (unpaired) electrons. The van der Waals surface area contributed by atoms with Crippen LogP contribution in [0.15, 0.2) is 70.3 Å². The van der Waals surface area contributed by atoms with Crippen LogP contribution in [0.2, 0.25) is 0 Å². The van der Waals surface area contributed by atoms with Gasteiger partial charge in [-0.2, -0.15) is 0 Å². The minimum absolute atomic E-state index is 0.562. The molecule has 110 valence electrons. The zero-order valence-electron chi connectivity index (χ0n) is 11.9. The molecule has 5 heteroatoms. The van der Waals surface area contributed by atoms with Gasteiger partial charge in [0.05, 0.1) is 18.5 Å². The van der Waals surface area contributed by atoms with Crippen molar-refractivity contribution >= 4 is 0 Å². The van der Waals surface area contributed by atoms with E-state index in [1.165, 1.54) is 10.7 Å². The van der Waals surface area contributed by atoms with E-state index in [4.69, 9.17) is 4.74 Å². The number of rotatable bonds is 3. The first-order chi connectivity index (χ1) is 10.7. The number of nitrogens with zero attached hydrogens (tertiary/aromatic N) is 1. The number of nitrogens with one attached hydrogen (secondary N) is 1. The minimum Gasteiger partial charge on any atom is -0.497 e. The van der Waals surface area contributed by atoms with Gasteiger partial charge in [0.15, 0.2) is 0 Å². The Kier molecular flexibility index (Phi) is 3.62. The third kappa shape index (κ3) is 2.56. The quantitative estimate of drug-likeness (QED) is 0.753. The standard InChI is InChI=1S/C17H14N2O3/c1-22-14-9-7-12(8-10-14)15-11-16(20)17(21)19(18-15)13-5-3-2-4-6-13/h2-11,18H,1H3. The lowest BCUT2D eigenvalue weighted by Gasteiger charge is -2.09. The molecule has 0 spiro atoms. The number of hydrogen-bond acceptors (Lipinski definition) is 3. The average Bonchev–Trinajstić information content (AvgIpc) is 2.58. The lowest BCUT2D eigenvalue weighted by molar-refractivity contribution is 0.415. The van der Waals surface area contributed by atoms with Crippen molar-refractivity contribution in [2.45, 2.75) is 0 Å². The highest BCUT2D eigenvalue weighted by Crippen LogP contribution is 2.19. The average molecular weight is 294 g/mol. The molecule has 22 heavy (non-hydrogen) atoms. The van der Waals surface area contributed by atoms with Crippen LogP contribution in [0.1, 0.15) is 0 Å². The topological polar surface area (TPSA) is 64.1 Å². The Labute approximate surface area is 126 Å². The van der Waals surface area contributed by atoms with E-state index in [-0.39, 0.29) is 0 Å². The van der Waals surface area contributed by atoms with Crippen molar-refractivity contribution in [3.8, 4) is 22.7 Å². The van der Waals surface area contributed by atoms with Gasteiger partial charge in [0.2, 0.25) is 5.43 Å². The molecule has 0 aliphatic rings. The Morgan fingerprint density at radius 3 is 2.27 bits per heavy atom. The molecular formula is C17H14N2O3. The first-order valence-corrected chi connectivity index (χ1v) is 6.75. The highest BCUT2D eigenvalue weighted by molar-refractivity contribution is 5.59. The van der Waals surface area contributed by atoms with Gasteiger partial charge in [-0.15, -0.1) is 0 Å². The molecule has 1 aromatic heterocycles. The lowest BCUT2D eigenvalue weighted by Crippen LogP contribution is -2.34. The number of aromatic amines is 1. The monoisotopic (exact) mass is 294 g/mol. The Morgan fingerprint density at radius 1 is 0.955 bits per heavy atom. The summed E-state index contributed by atoms with van der Waals surface area (Å²) in [5, 5.41) is 2.99. The van der Waals surface area contributed by atoms with E-state index in [2.05, 4.69) is 5.10 Å².